The van der Waals surface area contributed by atoms with E-state index in [4.69, 9.17) is 10.5 Å². The fraction of sp³-hybridized carbons (Fsp3) is 0.917. The van der Waals surface area contributed by atoms with Crippen LogP contribution in [0.1, 0.15) is 45.4 Å². The van der Waals surface area contributed by atoms with Crippen LogP contribution < -0.4 is 11.1 Å². The Morgan fingerprint density at radius 1 is 1.56 bits per heavy atom. The minimum atomic E-state index is -0.350. The van der Waals surface area contributed by atoms with Crippen LogP contribution in [0.15, 0.2) is 0 Å². The van der Waals surface area contributed by atoms with Gasteiger partial charge in [0.05, 0.1) is 12.1 Å². The van der Waals surface area contributed by atoms with Crippen LogP contribution in [-0.4, -0.2) is 31.2 Å². The van der Waals surface area contributed by atoms with Gasteiger partial charge in [0.15, 0.2) is 0 Å². The summed E-state index contributed by atoms with van der Waals surface area (Å²) < 4.78 is 5.59. The number of amides is 1. The average molecular weight is 228 g/mol. The number of rotatable bonds is 6. The smallest absolute Gasteiger partial charge is 0.236 e. The van der Waals surface area contributed by atoms with Crippen molar-refractivity contribution in [2.75, 3.05) is 13.2 Å². The number of nitrogens with one attached hydrogen (secondary N) is 1. The maximum Gasteiger partial charge on any atom is 0.236 e. The van der Waals surface area contributed by atoms with Crippen molar-refractivity contribution in [3.8, 4) is 0 Å². The number of carbonyl (C=O) groups excluding carboxylic acids is 1. The summed E-state index contributed by atoms with van der Waals surface area (Å²) in [7, 11) is 0. The van der Waals surface area contributed by atoms with Crippen molar-refractivity contribution < 1.29 is 9.53 Å². The Hall–Kier alpha value is -0.610. The van der Waals surface area contributed by atoms with E-state index in [1.54, 1.807) is 0 Å². The monoisotopic (exact) mass is 228 g/mol. The predicted octanol–water partition coefficient (Wildman–Crippen LogP) is 1.19. The SMILES string of the molecule is CCC[C@@H](N)C(=O)NCCC1CCCCO1. The number of hydrogen-bond donors (Lipinski definition) is 2. The fourth-order valence-corrected chi connectivity index (χ4v) is 1.96. The lowest BCUT2D eigenvalue weighted by molar-refractivity contribution is -0.122. The Morgan fingerprint density at radius 2 is 2.38 bits per heavy atom. The van der Waals surface area contributed by atoms with Crippen LogP contribution >= 0.6 is 0 Å². The van der Waals surface area contributed by atoms with E-state index in [1.165, 1.54) is 12.8 Å². The molecule has 0 radical (unpaired) electrons. The van der Waals surface area contributed by atoms with Crippen LogP contribution in [0, 0.1) is 0 Å². The van der Waals surface area contributed by atoms with E-state index < -0.39 is 0 Å². The third kappa shape index (κ3) is 4.94. The molecule has 2 atom stereocenters. The second-order valence-corrected chi connectivity index (χ2v) is 4.46. The first-order chi connectivity index (χ1) is 7.74. The zero-order valence-electron chi connectivity index (χ0n) is 10.2. The highest BCUT2D eigenvalue weighted by Gasteiger charge is 2.15. The lowest BCUT2D eigenvalue weighted by atomic mass is 10.1. The number of ether oxygens (including phenoxy) is 1. The molecular formula is C12H24N2O2. The van der Waals surface area contributed by atoms with Gasteiger partial charge in [0, 0.05) is 13.2 Å². The Balaban J connectivity index is 2.07. The van der Waals surface area contributed by atoms with Gasteiger partial charge in [-0.25, -0.2) is 0 Å². The zero-order chi connectivity index (χ0) is 11.8. The van der Waals surface area contributed by atoms with Gasteiger partial charge in [0.2, 0.25) is 5.91 Å². The van der Waals surface area contributed by atoms with E-state index in [0.29, 0.717) is 12.6 Å². The number of hydrogen-bond acceptors (Lipinski definition) is 3. The van der Waals surface area contributed by atoms with Gasteiger partial charge in [0.25, 0.3) is 0 Å². The summed E-state index contributed by atoms with van der Waals surface area (Å²) in [4.78, 5) is 11.5. The molecule has 1 saturated heterocycles. The van der Waals surface area contributed by atoms with Gasteiger partial charge in [-0.2, -0.15) is 0 Å². The molecule has 1 fully saturated rings. The van der Waals surface area contributed by atoms with Crippen LogP contribution in [-0.2, 0) is 9.53 Å². The molecule has 1 aliphatic rings. The van der Waals surface area contributed by atoms with Crippen LogP contribution in [0.25, 0.3) is 0 Å². The molecule has 1 unspecified atom stereocenters. The Kier molecular flexibility index (Phi) is 6.42. The Bertz CT molecular complexity index is 203. The highest BCUT2D eigenvalue weighted by atomic mass is 16.5. The highest BCUT2D eigenvalue weighted by Crippen LogP contribution is 2.14. The lowest BCUT2D eigenvalue weighted by Gasteiger charge is -2.22. The number of carbonyl (C=O) groups is 1. The maximum atomic E-state index is 11.5. The molecule has 1 rings (SSSR count). The largest absolute Gasteiger partial charge is 0.378 e. The Morgan fingerprint density at radius 3 is 3.00 bits per heavy atom. The van der Waals surface area contributed by atoms with Crippen molar-refractivity contribution in [2.24, 2.45) is 5.73 Å². The summed E-state index contributed by atoms with van der Waals surface area (Å²) in [5.41, 5.74) is 5.70. The molecule has 94 valence electrons. The second-order valence-electron chi connectivity index (χ2n) is 4.46. The van der Waals surface area contributed by atoms with Crippen molar-refractivity contribution in [2.45, 2.75) is 57.6 Å². The molecule has 0 spiro atoms. The lowest BCUT2D eigenvalue weighted by Crippen LogP contribution is -2.41. The van der Waals surface area contributed by atoms with Crippen LogP contribution in [0.4, 0.5) is 0 Å². The average Bonchev–Trinajstić information content (AvgIpc) is 2.30. The van der Waals surface area contributed by atoms with Gasteiger partial charge in [0.1, 0.15) is 0 Å². The van der Waals surface area contributed by atoms with Gasteiger partial charge >= 0.3 is 0 Å². The summed E-state index contributed by atoms with van der Waals surface area (Å²) in [5, 5.41) is 2.87. The summed E-state index contributed by atoms with van der Waals surface area (Å²) in [6, 6.07) is -0.350. The molecule has 1 heterocycles. The first kappa shape index (κ1) is 13.5. The van der Waals surface area contributed by atoms with Crippen molar-refractivity contribution in [1.29, 1.82) is 0 Å². The van der Waals surface area contributed by atoms with E-state index in [1.807, 2.05) is 6.92 Å². The van der Waals surface area contributed by atoms with Crippen molar-refractivity contribution in [3.05, 3.63) is 0 Å². The predicted molar refractivity (Wildman–Crippen MR) is 64.1 cm³/mol. The first-order valence-corrected chi connectivity index (χ1v) is 6.39. The van der Waals surface area contributed by atoms with Crippen LogP contribution in [0.2, 0.25) is 0 Å². The molecule has 0 aliphatic carbocycles. The van der Waals surface area contributed by atoms with Gasteiger partial charge in [-0.1, -0.05) is 13.3 Å². The molecule has 0 bridgehead atoms. The molecule has 4 nitrogen and oxygen atoms in total. The van der Waals surface area contributed by atoms with E-state index in [9.17, 15) is 4.79 Å². The van der Waals surface area contributed by atoms with Gasteiger partial charge < -0.3 is 15.8 Å². The normalized spacial score (nSPS) is 22.8. The standard InChI is InChI=1S/C12H24N2O2/c1-2-5-11(13)12(15)14-8-7-10-6-3-4-9-16-10/h10-11H,2-9,13H2,1H3,(H,14,15)/t10?,11-/m1/s1. The topological polar surface area (TPSA) is 64.4 Å². The maximum absolute atomic E-state index is 11.5. The molecule has 0 saturated carbocycles. The Labute approximate surface area is 97.9 Å². The van der Waals surface area contributed by atoms with Gasteiger partial charge in [-0.15, -0.1) is 0 Å². The van der Waals surface area contributed by atoms with Crippen molar-refractivity contribution in [1.82, 2.24) is 5.32 Å². The van der Waals surface area contributed by atoms with E-state index in [-0.39, 0.29) is 11.9 Å². The molecule has 1 aliphatic heterocycles. The fourth-order valence-electron chi connectivity index (χ4n) is 1.96. The van der Waals surface area contributed by atoms with Crippen molar-refractivity contribution in [3.63, 3.8) is 0 Å². The van der Waals surface area contributed by atoms with Crippen LogP contribution in [0.3, 0.4) is 0 Å². The minimum absolute atomic E-state index is 0.0299. The molecule has 0 aromatic rings. The van der Waals surface area contributed by atoms with Crippen molar-refractivity contribution >= 4 is 5.91 Å². The summed E-state index contributed by atoms with van der Waals surface area (Å²) in [5.74, 6) is -0.0299. The molecule has 0 aromatic heterocycles. The first-order valence-electron chi connectivity index (χ1n) is 6.39. The van der Waals surface area contributed by atoms with E-state index >= 15 is 0 Å². The molecular weight excluding hydrogens is 204 g/mol. The van der Waals surface area contributed by atoms with Crippen LogP contribution in [0.5, 0.6) is 0 Å². The molecule has 3 N–H and O–H groups in total. The second kappa shape index (κ2) is 7.63. The quantitative estimate of drug-likeness (QED) is 0.717. The molecule has 4 heteroatoms. The summed E-state index contributed by atoms with van der Waals surface area (Å²) in [6.45, 7) is 3.58. The minimum Gasteiger partial charge on any atom is -0.378 e. The van der Waals surface area contributed by atoms with Gasteiger partial charge in [-0.05, 0) is 32.1 Å². The highest BCUT2D eigenvalue weighted by molar-refractivity contribution is 5.81. The summed E-state index contributed by atoms with van der Waals surface area (Å²) >= 11 is 0. The molecule has 0 aromatic carbocycles. The van der Waals surface area contributed by atoms with E-state index in [0.717, 1.165) is 32.3 Å². The molecule has 16 heavy (non-hydrogen) atoms. The molecule has 1 amide bonds. The summed E-state index contributed by atoms with van der Waals surface area (Å²) in [6.07, 6.45) is 6.47. The van der Waals surface area contributed by atoms with Gasteiger partial charge in [-0.3, -0.25) is 4.79 Å². The zero-order valence-corrected chi connectivity index (χ0v) is 10.2. The van der Waals surface area contributed by atoms with E-state index in [2.05, 4.69) is 5.32 Å². The third-order valence-corrected chi connectivity index (χ3v) is 2.98. The number of nitrogens with two attached hydrogens (primary N) is 1. The third-order valence-electron chi connectivity index (χ3n) is 2.98.